The van der Waals surface area contributed by atoms with E-state index in [2.05, 4.69) is 15.3 Å². The van der Waals surface area contributed by atoms with Crippen LogP contribution in [0, 0.1) is 11.8 Å². The van der Waals surface area contributed by atoms with Gasteiger partial charge in [-0.25, -0.2) is 9.97 Å². The summed E-state index contributed by atoms with van der Waals surface area (Å²) in [4.78, 5) is 34.5. The zero-order chi connectivity index (χ0) is 16.5. The van der Waals surface area contributed by atoms with Crippen LogP contribution in [0.1, 0.15) is 19.3 Å². The molecule has 1 unspecified atom stereocenters. The van der Waals surface area contributed by atoms with E-state index < -0.39 is 0 Å². The quantitative estimate of drug-likeness (QED) is 0.902. The molecule has 0 aromatic carbocycles. The third-order valence-corrected chi connectivity index (χ3v) is 4.55. The number of carbonyl (C=O) groups is 2. The van der Waals surface area contributed by atoms with Crippen molar-refractivity contribution in [2.24, 2.45) is 11.8 Å². The summed E-state index contributed by atoms with van der Waals surface area (Å²) < 4.78 is 1.79. The third-order valence-electron chi connectivity index (χ3n) is 4.55. The maximum atomic E-state index is 12.4. The average molecular weight is 325 g/mol. The molecule has 124 valence electrons. The van der Waals surface area contributed by atoms with E-state index in [9.17, 15) is 9.59 Å². The first-order chi connectivity index (χ1) is 11.7. The molecule has 1 aliphatic heterocycles. The second kappa shape index (κ2) is 6.07. The van der Waals surface area contributed by atoms with Crippen molar-refractivity contribution in [2.45, 2.75) is 19.3 Å². The predicted octanol–water partition coefficient (Wildman–Crippen LogP) is 1.46. The largest absolute Gasteiger partial charge is 0.342 e. The Morgan fingerprint density at radius 1 is 1.33 bits per heavy atom. The van der Waals surface area contributed by atoms with Gasteiger partial charge in [0.2, 0.25) is 11.8 Å². The van der Waals surface area contributed by atoms with Crippen LogP contribution in [-0.4, -0.2) is 44.3 Å². The molecule has 2 aromatic heterocycles. The molecule has 4 rings (SSSR count). The summed E-state index contributed by atoms with van der Waals surface area (Å²) in [6.45, 7) is 1.34. The van der Waals surface area contributed by atoms with Gasteiger partial charge in [-0.1, -0.05) is 0 Å². The minimum atomic E-state index is -0.274. The van der Waals surface area contributed by atoms with Crippen LogP contribution in [0.3, 0.4) is 0 Å². The monoisotopic (exact) mass is 325 g/mol. The summed E-state index contributed by atoms with van der Waals surface area (Å²) in [7, 11) is 0. The smallest absolute Gasteiger partial charge is 0.229 e. The van der Waals surface area contributed by atoms with Gasteiger partial charge >= 0.3 is 0 Å². The van der Waals surface area contributed by atoms with E-state index in [1.54, 1.807) is 35.6 Å². The predicted molar refractivity (Wildman–Crippen MR) is 87.4 cm³/mol. The lowest BCUT2D eigenvalue weighted by atomic mass is 10.1. The Morgan fingerprint density at radius 3 is 2.88 bits per heavy atom. The molecule has 2 aliphatic rings. The third kappa shape index (κ3) is 3.15. The number of amides is 2. The number of carbonyl (C=O) groups excluding carboxylic acids is 2. The van der Waals surface area contributed by atoms with Gasteiger partial charge in [-0.05, 0) is 30.9 Å². The Morgan fingerprint density at radius 2 is 2.21 bits per heavy atom. The summed E-state index contributed by atoms with van der Waals surface area (Å²) in [6.07, 6.45) is 9.48. The van der Waals surface area contributed by atoms with Crippen LogP contribution in [0.5, 0.6) is 0 Å². The topological polar surface area (TPSA) is 80.1 Å². The zero-order valence-electron chi connectivity index (χ0n) is 13.3. The van der Waals surface area contributed by atoms with Gasteiger partial charge in [-0.2, -0.15) is 0 Å². The van der Waals surface area contributed by atoms with E-state index >= 15 is 0 Å². The fourth-order valence-corrected chi connectivity index (χ4v) is 2.99. The molecule has 2 fully saturated rings. The first-order valence-electron chi connectivity index (χ1n) is 8.22. The van der Waals surface area contributed by atoms with Crippen LogP contribution < -0.4 is 5.32 Å². The molecule has 2 aromatic rings. The van der Waals surface area contributed by atoms with Crippen LogP contribution in [0.4, 0.5) is 5.69 Å². The number of hydrogen-bond donors (Lipinski definition) is 1. The summed E-state index contributed by atoms with van der Waals surface area (Å²) in [5.74, 6) is 1.09. The second-order valence-electron chi connectivity index (χ2n) is 6.51. The highest BCUT2D eigenvalue weighted by Gasteiger charge is 2.37. The van der Waals surface area contributed by atoms with Crippen molar-refractivity contribution in [1.29, 1.82) is 0 Å². The molecule has 24 heavy (non-hydrogen) atoms. The van der Waals surface area contributed by atoms with Gasteiger partial charge in [0.15, 0.2) is 0 Å². The SMILES string of the molecule is O=C(Nc1ccc(-n2ccnc2)nc1)C1CC(=O)N(CC2CC2)C1. The number of pyridine rings is 1. The van der Waals surface area contributed by atoms with Gasteiger partial charge in [0, 0.05) is 31.9 Å². The van der Waals surface area contributed by atoms with Crippen LogP contribution in [0.15, 0.2) is 37.1 Å². The first-order valence-corrected chi connectivity index (χ1v) is 8.22. The zero-order valence-corrected chi connectivity index (χ0v) is 13.3. The molecular formula is C17H19N5O2. The molecule has 1 saturated carbocycles. The van der Waals surface area contributed by atoms with Crippen molar-refractivity contribution in [3.8, 4) is 5.82 Å². The van der Waals surface area contributed by atoms with Crippen molar-refractivity contribution in [3.05, 3.63) is 37.1 Å². The highest BCUT2D eigenvalue weighted by Crippen LogP contribution is 2.32. The summed E-state index contributed by atoms with van der Waals surface area (Å²) in [5, 5.41) is 2.86. The van der Waals surface area contributed by atoms with Crippen molar-refractivity contribution in [1.82, 2.24) is 19.4 Å². The van der Waals surface area contributed by atoms with Crippen LogP contribution >= 0.6 is 0 Å². The number of aromatic nitrogens is 3. The molecule has 0 radical (unpaired) electrons. The molecule has 0 bridgehead atoms. The van der Waals surface area contributed by atoms with Crippen molar-refractivity contribution >= 4 is 17.5 Å². The number of nitrogens with zero attached hydrogens (tertiary/aromatic N) is 4. The Labute approximate surface area is 139 Å². The van der Waals surface area contributed by atoms with Crippen LogP contribution in [-0.2, 0) is 9.59 Å². The lowest BCUT2D eigenvalue weighted by molar-refractivity contribution is -0.128. The molecule has 0 spiro atoms. The second-order valence-corrected chi connectivity index (χ2v) is 6.51. The van der Waals surface area contributed by atoms with Crippen molar-refractivity contribution in [3.63, 3.8) is 0 Å². The van der Waals surface area contributed by atoms with Crippen molar-refractivity contribution < 1.29 is 9.59 Å². The normalized spacial score (nSPS) is 20.4. The molecule has 7 heteroatoms. The van der Waals surface area contributed by atoms with E-state index in [-0.39, 0.29) is 17.7 Å². The maximum Gasteiger partial charge on any atom is 0.229 e. The molecule has 7 nitrogen and oxygen atoms in total. The van der Waals surface area contributed by atoms with Crippen LogP contribution in [0.25, 0.3) is 5.82 Å². The molecule has 1 saturated heterocycles. The van der Waals surface area contributed by atoms with Gasteiger partial charge in [0.25, 0.3) is 0 Å². The highest BCUT2D eigenvalue weighted by molar-refractivity contribution is 5.97. The molecule has 2 amide bonds. The number of imidazole rings is 1. The minimum absolute atomic E-state index is 0.0932. The molecule has 1 atom stereocenters. The lowest BCUT2D eigenvalue weighted by Gasteiger charge is -2.16. The average Bonchev–Trinajstić information content (AvgIpc) is 3.08. The number of nitrogens with one attached hydrogen (secondary N) is 1. The van der Waals surface area contributed by atoms with Gasteiger partial charge in [-0.3, -0.25) is 14.2 Å². The van der Waals surface area contributed by atoms with E-state index in [4.69, 9.17) is 0 Å². The Bertz CT molecular complexity index is 737. The molecule has 3 heterocycles. The fourth-order valence-electron chi connectivity index (χ4n) is 2.99. The molecule has 1 N–H and O–H groups in total. The summed E-state index contributed by atoms with van der Waals surface area (Å²) in [5.41, 5.74) is 0.636. The van der Waals surface area contributed by atoms with E-state index in [0.717, 1.165) is 12.4 Å². The van der Waals surface area contributed by atoms with Gasteiger partial charge in [0.1, 0.15) is 12.1 Å². The van der Waals surface area contributed by atoms with Crippen molar-refractivity contribution in [2.75, 3.05) is 18.4 Å². The Balaban J connectivity index is 1.36. The highest BCUT2D eigenvalue weighted by atomic mass is 16.2. The number of anilines is 1. The van der Waals surface area contributed by atoms with Gasteiger partial charge < -0.3 is 10.2 Å². The van der Waals surface area contributed by atoms with E-state index in [0.29, 0.717) is 24.6 Å². The summed E-state index contributed by atoms with van der Waals surface area (Å²) >= 11 is 0. The van der Waals surface area contributed by atoms with E-state index in [1.807, 2.05) is 11.0 Å². The first kappa shape index (κ1) is 14.9. The molecule has 1 aliphatic carbocycles. The number of likely N-dealkylation sites (tertiary alicyclic amines) is 1. The summed E-state index contributed by atoms with van der Waals surface area (Å²) in [6, 6.07) is 3.62. The van der Waals surface area contributed by atoms with Crippen LogP contribution in [0.2, 0.25) is 0 Å². The number of rotatable bonds is 5. The van der Waals surface area contributed by atoms with Gasteiger partial charge in [-0.15, -0.1) is 0 Å². The standard InChI is InChI=1S/C17H19N5O2/c23-16-7-13(10-22(16)9-12-1-2-12)17(24)20-14-3-4-15(19-8-14)21-6-5-18-11-21/h3-6,8,11-13H,1-2,7,9-10H2,(H,20,24). The lowest BCUT2D eigenvalue weighted by Crippen LogP contribution is -2.29. The number of hydrogen-bond acceptors (Lipinski definition) is 4. The maximum absolute atomic E-state index is 12.4. The fraction of sp³-hybridized carbons (Fsp3) is 0.412. The van der Waals surface area contributed by atoms with E-state index in [1.165, 1.54) is 12.8 Å². The minimum Gasteiger partial charge on any atom is -0.342 e. The molecular weight excluding hydrogens is 306 g/mol. The Hall–Kier alpha value is -2.70. The Kier molecular flexibility index (Phi) is 3.76. The van der Waals surface area contributed by atoms with Gasteiger partial charge in [0.05, 0.1) is 17.8 Å².